The molecule has 36 heavy (non-hydrogen) atoms. The molecule has 9 nitrogen and oxygen atoms in total. The summed E-state index contributed by atoms with van der Waals surface area (Å²) in [6.45, 7) is 9.25. The predicted molar refractivity (Wildman–Crippen MR) is 142 cm³/mol. The first-order valence-electron chi connectivity index (χ1n) is 12.9. The summed E-state index contributed by atoms with van der Waals surface area (Å²) in [5.41, 5.74) is 14.0. The van der Waals surface area contributed by atoms with Crippen LogP contribution in [-0.4, -0.2) is 87.3 Å². The fourth-order valence-electron chi connectivity index (χ4n) is 4.82. The van der Waals surface area contributed by atoms with Crippen molar-refractivity contribution >= 4 is 23.2 Å². The number of carbonyl (C=O) groups is 2. The van der Waals surface area contributed by atoms with Crippen LogP contribution in [0.1, 0.15) is 40.0 Å². The maximum Gasteiger partial charge on any atom is 0.248 e. The molecule has 4 N–H and O–H groups in total. The van der Waals surface area contributed by atoms with Crippen molar-refractivity contribution in [3.05, 3.63) is 59.7 Å². The van der Waals surface area contributed by atoms with Crippen molar-refractivity contribution in [1.29, 1.82) is 0 Å². The highest BCUT2D eigenvalue weighted by atomic mass is 16.7. The molecule has 9 heteroatoms. The van der Waals surface area contributed by atoms with Gasteiger partial charge >= 0.3 is 0 Å². The van der Waals surface area contributed by atoms with Crippen LogP contribution in [0.4, 0.5) is 11.4 Å². The molecule has 2 aliphatic rings. The molecule has 0 aromatic heterocycles. The molecular weight excluding hydrogens is 456 g/mol. The van der Waals surface area contributed by atoms with Gasteiger partial charge in [0.2, 0.25) is 11.8 Å². The quantitative estimate of drug-likeness (QED) is 0.460. The highest BCUT2D eigenvalue weighted by Crippen LogP contribution is 2.19. The Labute approximate surface area is 213 Å². The molecule has 2 saturated heterocycles. The van der Waals surface area contributed by atoms with Gasteiger partial charge in [-0.2, -0.15) is 5.06 Å². The van der Waals surface area contributed by atoms with Crippen molar-refractivity contribution in [3.8, 4) is 0 Å². The Bertz CT molecular complexity index is 935. The normalized spacial score (nSPS) is 17.3. The smallest absolute Gasteiger partial charge is 0.248 e. The molecule has 2 heterocycles. The van der Waals surface area contributed by atoms with Gasteiger partial charge in [0.1, 0.15) is 0 Å². The lowest BCUT2D eigenvalue weighted by atomic mass is 10.1. The standard InChI is InChI=1S/C27H38N6O3/c28-26(34)22-6-4-8-24(20-22)31-13-11-30(12-14-31)10-2-1-3-19-36-33-17-15-32(16-18-33)25-9-5-7-23(21-25)27(29)35/h4-9,20-21H,1-3,10-19H2,(H2,28,34)(H2,29,35). The average molecular weight is 495 g/mol. The fourth-order valence-corrected chi connectivity index (χ4v) is 4.82. The number of primary amides is 2. The molecule has 2 fully saturated rings. The van der Waals surface area contributed by atoms with Crippen LogP contribution < -0.4 is 21.3 Å². The van der Waals surface area contributed by atoms with E-state index in [-0.39, 0.29) is 5.91 Å². The summed E-state index contributed by atoms with van der Waals surface area (Å²) in [4.78, 5) is 36.0. The lowest BCUT2D eigenvalue weighted by molar-refractivity contribution is -0.162. The molecule has 2 aromatic rings. The van der Waals surface area contributed by atoms with Gasteiger partial charge in [-0.3, -0.25) is 19.3 Å². The molecular formula is C27H38N6O3. The monoisotopic (exact) mass is 494 g/mol. The summed E-state index contributed by atoms with van der Waals surface area (Å²) in [7, 11) is 0. The van der Waals surface area contributed by atoms with Gasteiger partial charge in [-0.05, 0) is 62.2 Å². The average Bonchev–Trinajstić information content (AvgIpc) is 2.91. The Morgan fingerprint density at radius 1 is 0.694 bits per heavy atom. The molecule has 0 aliphatic carbocycles. The van der Waals surface area contributed by atoms with E-state index in [2.05, 4.69) is 19.8 Å². The third kappa shape index (κ3) is 7.19. The number of unbranched alkanes of at least 4 members (excludes halogenated alkanes) is 2. The molecule has 0 unspecified atom stereocenters. The van der Waals surface area contributed by atoms with Crippen LogP contribution >= 0.6 is 0 Å². The van der Waals surface area contributed by atoms with Crippen molar-refractivity contribution in [2.24, 2.45) is 11.5 Å². The van der Waals surface area contributed by atoms with Gasteiger partial charge in [-0.25, -0.2) is 0 Å². The molecule has 194 valence electrons. The summed E-state index contributed by atoms with van der Waals surface area (Å²) in [5, 5.41) is 2.06. The van der Waals surface area contributed by atoms with E-state index in [4.69, 9.17) is 16.3 Å². The largest absolute Gasteiger partial charge is 0.369 e. The van der Waals surface area contributed by atoms with E-state index in [1.807, 2.05) is 36.4 Å². The van der Waals surface area contributed by atoms with Gasteiger partial charge < -0.3 is 21.3 Å². The molecule has 2 aromatic carbocycles. The van der Waals surface area contributed by atoms with E-state index in [1.165, 1.54) is 6.42 Å². The number of nitrogens with zero attached hydrogens (tertiary/aromatic N) is 4. The van der Waals surface area contributed by atoms with Crippen LogP contribution in [0.5, 0.6) is 0 Å². The van der Waals surface area contributed by atoms with E-state index < -0.39 is 5.91 Å². The summed E-state index contributed by atoms with van der Waals surface area (Å²) >= 11 is 0. The third-order valence-electron chi connectivity index (χ3n) is 7.00. The van der Waals surface area contributed by atoms with Crippen molar-refractivity contribution in [2.75, 3.05) is 75.3 Å². The first-order valence-corrected chi connectivity index (χ1v) is 12.9. The van der Waals surface area contributed by atoms with Crippen LogP contribution in [0.3, 0.4) is 0 Å². The summed E-state index contributed by atoms with van der Waals surface area (Å²) in [6.07, 6.45) is 3.38. The number of hydrogen-bond acceptors (Lipinski definition) is 7. The molecule has 0 spiro atoms. The second-order valence-corrected chi connectivity index (χ2v) is 9.47. The number of anilines is 2. The number of nitrogens with two attached hydrogens (primary N) is 2. The van der Waals surface area contributed by atoms with Gasteiger partial charge in [0.25, 0.3) is 0 Å². The van der Waals surface area contributed by atoms with Crippen LogP contribution in [0.15, 0.2) is 48.5 Å². The first-order chi connectivity index (χ1) is 17.5. The Kier molecular flexibility index (Phi) is 9.16. The Hall–Kier alpha value is -3.14. The SMILES string of the molecule is NC(=O)c1cccc(N2CCN(CCCCCON3CCN(c4cccc(C(N)=O)c4)CC3)CC2)c1. The van der Waals surface area contributed by atoms with Crippen LogP contribution in [0.2, 0.25) is 0 Å². The Balaban J connectivity index is 1.06. The number of hydrogen-bond donors (Lipinski definition) is 2. The zero-order chi connectivity index (χ0) is 25.3. The van der Waals surface area contributed by atoms with Crippen molar-refractivity contribution in [2.45, 2.75) is 19.3 Å². The van der Waals surface area contributed by atoms with Crippen LogP contribution in [0.25, 0.3) is 0 Å². The van der Waals surface area contributed by atoms with E-state index in [0.717, 1.165) is 89.7 Å². The minimum Gasteiger partial charge on any atom is -0.369 e. The van der Waals surface area contributed by atoms with Crippen molar-refractivity contribution in [1.82, 2.24) is 9.96 Å². The second-order valence-electron chi connectivity index (χ2n) is 9.47. The maximum absolute atomic E-state index is 11.4. The molecule has 0 atom stereocenters. The number of amides is 2. The summed E-state index contributed by atoms with van der Waals surface area (Å²) in [6, 6.07) is 15.1. The fraction of sp³-hybridized carbons (Fsp3) is 0.481. The van der Waals surface area contributed by atoms with Gasteiger partial charge in [0, 0.05) is 74.9 Å². The maximum atomic E-state index is 11.4. The lowest BCUT2D eigenvalue weighted by Gasteiger charge is -2.36. The molecule has 0 saturated carbocycles. The summed E-state index contributed by atoms with van der Waals surface area (Å²) in [5.74, 6) is -0.775. The van der Waals surface area contributed by atoms with Crippen molar-refractivity contribution in [3.63, 3.8) is 0 Å². The topological polar surface area (TPSA) is 108 Å². The summed E-state index contributed by atoms with van der Waals surface area (Å²) < 4.78 is 0. The Morgan fingerprint density at radius 2 is 1.22 bits per heavy atom. The molecule has 4 rings (SSSR count). The predicted octanol–water partition coefficient (Wildman–Crippen LogP) is 1.93. The lowest BCUT2D eigenvalue weighted by Crippen LogP contribution is -2.46. The minimum absolute atomic E-state index is 0.380. The highest BCUT2D eigenvalue weighted by Gasteiger charge is 2.19. The zero-order valence-corrected chi connectivity index (χ0v) is 21.0. The van der Waals surface area contributed by atoms with Crippen LogP contribution in [-0.2, 0) is 4.84 Å². The van der Waals surface area contributed by atoms with E-state index in [1.54, 1.807) is 12.1 Å². The molecule has 2 amide bonds. The first kappa shape index (κ1) is 25.9. The van der Waals surface area contributed by atoms with E-state index in [9.17, 15) is 9.59 Å². The number of hydroxylamine groups is 2. The molecule has 2 aliphatic heterocycles. The number of rotatable bonds is 11. The van der Waals surface area contributed by atoms with E-state index >= 15 is 0 Å². The molecule has 0 bridgehead atoms. The van der Waals surface area contributed by atoms with Gasteiger partial charge in [0.05, 0.1) is 6.61 Å². The number of benzene rings is 2. The van der Waals surface area contributed by atoms with E-state index in [0.29, 0.717) is 11.1 Å². The number of carbonyl (C=O) groups excluding carboxylic acids is 2. The Morgan fingerprint density at radius 3 is 1.75 bits per heavy atom. The number of piperazine rings is 2. The van der Waals surface area contributed by atoms with Crippen LogP contribution in [0, 0.1) is 0 Å². The third-order valence-corrected chi connectivity index (χ3v) is 7.00. The zero-order valence-electron chi connectivity index (χ0n) is 21.0. The highest BCUT2D eigenvalue weighted by molar-refractivity contribution is 5.94. The van der Waals surface area contributed by atoms with Crippen molar-refractivity contribution < 1.29 is 14.4 Å². The minimum atomic E-state index is -0.395. The molecule has 0 radical (unpaired) electrons. The van der Waals surface area contributed by atoms with Gasteiger partial charge in [-0.1, -0.05) is 12.1 Å². The van der Waals surface area contributed by atoms with Gasteiger partial charge in [-0.15, -0.1) is 0 Å². The second kappa shape index (κ2) is 12.7. The van der Waals surface area contributed by atoms with Gasteiger partial charge in [0.15, 0.2) is 0 Å².